The number of aromatic nitrogens is 2. The average molecular weight is 401 g/mol. The van der Waals surface area contributed by atoms with Crippen LogP contribution in [0.4, 0.5) is 5.69 Å². The fraction of sp³-hybridized carbons (Fsp3) is 0.350. The number of rotatable bonds is 9. The molecule has 0 saturated carbocycles. The summed E-state index contributed by atoms with van der Waals surface area (Å²) in [6, 6.07) is 10.0. The Morgan fingerprint density at radius 2 is 1.93 bits per heavy atom. The standard InChI is InChI=1S/C20H24N4O3S/c1-13-16-19(27-3)23-15(12-26-2)24-20(16)28-17(13)18(25)22-11-7-10-21-14-8-5-4-6-9-14/h4-6,8-9,21H,7,10-12H2,1-3H3,(H,22,25). The van der Waals surface area contributed by atoms with Crippen molar-refractivity contribution in [2.45, 2.75) is 20.0 Å². The van der Waals surface area contributed by atoms with Crippen LogP contribution in [0.15, 0.2) is 30.3 Å². The van der Waals surface area contributed by atoms with Crippen LogP contribution in [0.3, 0.4) is 0 Å². The van der Waals surface area contributed by atoms with Gasteiger partial charge in [-0.1, -0.05) is 18.2 Å². The third-order valence-electron chi connectivity index (χ3n) is 4.22. The molecule has 3 aromatic rings. The molecule has 2 aromatic heterocycles. The number of amides is 1. The van der Waals surface area contributed by atoms with Gasteiger partial charge in [0.2, 0.25) is 5.88 Å². The van der Waals surface area contributed by atoms with Gasteiger partial charge in [0.05, 0.1) is 17.4 Å². The summed E-state index contributed by atoms with van der Waals surface area (Å²) in [5.74, 6) is 0.902. The van der Waals surface area contributed by atoms with Gasteiger partial charge >= 0.3 is 0 Å². The molecule has 2 heterocycles. The van der Waals surface area contributed by atoms with Gasteiger partial charge in [0.15, 0.2) is 5.82 Å². The van der Waals surface area contributed by atoms with Crippen LogP contribution in [-0.4, -0.2) is 43.2 Å². The number of thiophene rings is 1. The van der Waals surface area contributed by atoms with Gasteiger partial charge in [-0.15, -0.1) is 11.3 Å². The maximum atomic E-state index is 12.6. The lowest BCUT2D eigenvalue weighted by Crippen LogP contribution is -2.25. The molecule has 7 nitrogen and oxygen atoms in total. The second-order valence-electron chi connectivity index (χ2n) is 6.22. The molecule has 0 spiro atoms. The molecule has 0 saturated heterocycles. The van der Waals surface area contributed by atoms with E-state index >= 15 is 0 Å². The van der Waals surface area contributed by atoms with Crippen LogP contribution in [0.25, 0.3) is 10.2 Å². The SMILES string of the molecule is COCc1nc(OC)c2c(C)c(C(=O)NCCCNc3ccccc3)sc2n1. The molecule has 0 aliphatic rings. The number of anilines is 1. The van der Waals surface area contributed by atoms with E-state index in [0.717, 1.165) is 34.4 Å². The predicted molar refractivity (Wildman–Crippen MR) is 111 cm³/mol. The highest BCUT2D eigenvalue weighted by atomic mass is 32.1. The van der Waals surface area contributed by atoms with Crippen molar-refractivity contribution in [3.8, 4) is 5.88 Å². The Hall–Kier alpha value is -2.71. The van der Waals surface area contributed by atoms with E-state index in [1.165, 1.54) is 11.3 Å². The number of methoxy groups -OCH3 is 2. The van der Waals surface area contributed by atoms with Gasteiger partial charge in [-0.05, 0) is 31.0 Å². The topological polar surface area (TPSA) is 85.4 Å². The number of carbonyl (C=O) groups excluding carboxylic acids is 1. The fourth-order valence-electron chi connectivity index (χ4n) is 2.86. The van der Waals surface area contributed by atoms with Crippen LogP contribution in [0.2, 0.25) is 0 Å². The molecule has 1 amide bonds. The number of aryl methyl sites for hydroxylation is 1. The summed E-state index contributed by atoms with van der Waals surface area (Å²) < 4.78 is 10.5. The van der Waals surface area contributed by atoms with Crippen molar-refractivity contribution in [3.05, 3.63) is 46.6 Å². The third-order valence-corrected chi connectivity index (χ3v) is 5.40. The van der Waals surface area contributed by atoms with E-state index < -0.39 is 0 Å². The zero-order chi connectivity index (χ0) is 19.9. The summed E-state index contributed by atoms with van der Waals surface area (Å²) >= 11 is 1.35. The van der Waals surface area contributed by atoms with E-state index in [-0.39, 0.29) is 5.91 Å². The van der Waals surface area contributed by atoms with Crippen molar-refractivity contribution < 1.29 is 14.3 Å². The molecular formula is C20H24N4O3S. The smallest absolute Gasteiger partial charge is 0.261 e. The largest absolute Gasteiger partial charge is 0.480 e. The molecule has 0 unspecified atom stereocenters. The lowest BCUT2D eigenvalue weighted by atomic mass is 10.2. The highest BCUT2D eigenvalue weighted by Gasteiger charge is 2.20. The van der Waals surface area contributed by atoms with Crippen molar-refractivity contribution in [1.82, 2.24) is 15.3 Å². The summed E-state index contributed by atoms with van der Waals surface area (Å²) in [5, 5.41) is 7.09. The van der Waals surface area contributed by atoms with Crippen LogP contribution in [-0.2, 0) is 11.3 Å². The minimum Gasteiger partial charge on any atom is -0.480 e. The number of ether oxygens (including phenoxy) is 2. The number of para-hydroxylation sites is 1. The normalized spacial score (nSPS) is 10.8. The van der Waals surface area contributed by atoms with E-state index in [0.29, 0.717) is 29.7 Å². The van der Waals surface area contributed by atoms with Crippen LogP contribution < -0.4 is 15.4 Å². The van der Waals surface area contributed by atoms with Gasteiger partial charge < -0.3 is 20.1 Å². The minimum absolute atomic E-state index is 0.101. The van der Waals surface area contributed by atoms with Crippen LogP contribution in [0.5, 0.6) is 5.88 Å². The maximum Gasteiger partial charge on any atom is 0.261 e. The quantitative estimate of drug-likeness (QED) is 0.536. The second kappa shape index (κ2) is 9.48. The number of benzene rings is 1. The number of hydrogen-bond acceptors (Lipinski definition) is 7. The van der Waals surface area contributed by atoms with Crippen molar-refractivity contribution >= 4 is 33.1 Å². The molecule has 0 aliphatic heterocycles. The molecule has 0 fully saturated rings. The number of hydrogen-bond donors (Lipinski definition) is 2. The van der Waals surface area contributed by atoms with E-state index in [1.54, 1.807) is 14.2 Å². The predicted octanol–water partition coefficient (Wildman–Crippen LogP) is 3.39. The van der Waals surface area contributed by atoms with Crippen LogP contribution in [0.1, 0.15) is 27.5 Å². The maximum absolute atomic E-state index is 12.6. The van der Waals surface area contributed by atoms with Crippen molar-refractivity contribution in [2.24, 2.45) is 0 Å². The summed E-state index contributed by atoms with van der Waals surface area (Å²) in [4.78, 5) is 22.9. The fourth-order valence-corrected chi connectivity index (χ4v) is 3.97. The zero-order valence-electron chi connectivity index (χ0n) is 16.2. The molecular weight excluding hydrogens is 376 g/mol. The number of carbonyl (C=O) groups is 1. The average Bonchev–Trinajstić information content (AvgIpc) is 3.04. The van der Waals surface area contributed by atoms with Gasteiger partial charge in [0.1, 0.15) is 11.4 Å². The first kappa shape index (κ1) is 20.0. The number of nitrogens with zero attached hydrogens (tertiary/aromatic N) is 2. The number of fused-ring (bicyclic) bond motifs is 1. The molecule has 3 rings (SSSR count). The summed E-state index contributed by atoms with van der Waals surface area (Å²) in [7, 11) is 3.15. The van der Waals surface area contributed by atoms with Crippen molar-refractivity contribution in [2.75, 3.05) is 32.6 Å². The summed E-state index contributed by atoms with van der Waals surface area (Å²) in [6.07, 6.45) is 0.825. The summed E-state index contributed by atoms with van der Waals surface area (Å²) in [5.41, 5.74) is 1.91. The first-order valence-corrected chi connectivity index (χ1v) is 9.85. The van der Waals surface area contributed by atoms with Crippen LogP contribution >= 0.6 is 11.3 Å². The highest BCUT2D eigenvalue weighted by Crippen LogP contribution is 2.34. The van der Waals surface area contributed by atoms with Gasteiger partial charge in [-0.3, -0.25) is 4.79 Å². The molecule has 8 heteroatoms. The Kier molecular flexibility index (Phi) is 6.78. The van der Waals surface area contributed by atoms with E-state index in [2.05, 4.69) is 20.6 Å². The molecule has 0 atom stereocenters. The first-order valence-electron chi connectivity index (χ1n) is 9.04. The molecule has 0 radical (unpaired) electrons. The number of nitrogens with one attached hydrogen (secondary N) is 2. The molecule has 28 heavy (non-hydrogen) atoms. The summed E-state index contributed by atoms with van der Waals surface area (Å²) in [6.45, 7) is 3.56. The van der Waals surface area contributed by atoms with Crippen LogP contribution in [0, 0.1) is 6.92 Å². The van der Waals surface area contributed by atoms with Crippen molar-refractivity contribution in [3.63, 3.8) is 0 Å². The monoisotopic (exact) mass is 400 g/mol. The van der Waals surface area contributed by atoms with E-state index in [4.69, 9.17) is 9.47 Å². The second-order valence-corrected chi connectivity index (χ2v) is 7.22. The van der Waals surface area contributed by atoms with Crippen molar-refractivity contribution in [1.29, 1.82) is 0 Å². The molecule has 0 bridgehead atoms. The zero-order valence-corrected chi connectivity index (χ0v) is 17.1. The first-order chi connectivity index (χ1) is 13.6. The highest BCUT2D eigenvalue weighted by molar-refractivity contribution is 7.20. The molecule has 1 aromatic carbocycles. The Bertz CT molecular complexity index is 944. The minimum atomic E-state index is -0.101. The Labute approximate surface area is 168 Å². The van der Waals surface area contributed by atoms with Gasteiger partial charge in [0, 0.05) is 25.9 Å². The van der Waals surface area contributed by atoms with E-state index in [9.17, 15) is 4.79 Å². The lowest BCUT2D eigenvalue weighted by molar-refractivity contribution is 0.0957. The molecule has 2 N–H and O–H groups in total. The molecule has 148 valence electrons. The lowest BCUT2D eigenvalue weighted by Gasteiger charge is -2.07. The Morgan fingerprint density at radius 3 is 2.64 bits per heavy atom. The third kappa shape index (κ3) is 4.58. The Morgan fingerprint density at radius 1 is 1.14 bits per heavy atom. The molecule has 0 aliphatic carbocycles. The van der Waals surface area contributed by atoms with Gasteiger partial charge in [-0.2, -0.15) is 4.98 Å². The van der Waals surface area contributed by atoms with E-state index in [1.807, 2.05) is 37.3 Å². The van der Waals surface area contributed by atoms with Gasteiger partial charge in [0.25, 0.3) is 5.91 Å². The van der Waals surface area contributed by atoms with Gasteiger partial charge in [-0.25, -0.2) is 4.98 Å². The Balaban J connectivity index is 1.63.